The number of methoxy groups -OCH3 is 2. The van der Waals surface area contributed by atoms with Crippen LogP contribution in [0.2, 0.25) is 5.02 Å². The average molecular weight is 527 g/mol. The lowest BCUT2D eigenvalue weighted by Crippen LogP contribution is -2.13. The molecule has 0 saturated heterocycles. The first-order chi connectivity index (χ1) is 17.9. The van der Waals surface area contributed by atoms with E-state index in [4.69, 9.17) is 35.3 Å². The van der Waals surface area contributed by atoms with Crippen LogP contribution in [0.25, 0.3) is 11.3 Å². The van der Waals surface area contributed by atoms with Crippen LogP contribution in [-0.4, -0.2) is 43.4 Å². The zero-order valence-electron chi connectivity index (χ0n) is 21.3. The number of fused-ring (bicyclic) bond motifs is 1. The minimum atomic E-state index is -0.562. The summed E-state index contributed by atoms with van der Waals surface area (Å²) < 4.78 is 29.7. The van der Waals surface area contributed by atoms with Gasteiger partial charge < -0.3 is 23.7 Å². The molecular formula is C28H31ClN2O6. The first kappa shape index (κ1) is 26.6. The Bertz CT molecular complexity index is 1290. The van der Waals surface area contributed by atoms with Crippen LogP contribution in [0.1, 0.15) is 30.9 Å². The Morgan fingerprint density at radius 3 is 2.78 bits per heavy atom. The van der Waals surface area contributed by atoms with E-state index in [2.05, 4.69) is 18.6 Å². The van der Waals surface area contributed by atoms with E-state index < -0.39 is 5.97 Å². The zero-order chi connectivity index (χ0) is 26.4. The van der Waals surface area contributed by atoms with Gasteiger partial charge in [-0.1, -0.05) is 31.5 Å². The van der Waals surface area contributed by atoms with Crippen LogP contribution in [0, 0.1) is 0 Å². The summed E-state index contributed by atoms with van der Waals surface area (Å²) in [6.07, 6.45) is 4.50. The number of halogens is 1. The summed E-state index contributed by atoms with van der Waals surface area (Å²) in [7, 11) is 3.14. The van der Waals surface area contributed by atoms with Gasteiger partial charge in [0.15, 0.2) is 12.5 Å². The number of aromatic nitrogens is 2. The largest absolute Gasteiger partial charge is 0.496 e. The third kappa shape index (κ3) is 6.09. The van der Waals surface area contributed by atoms with Gasteiger partial charge in [0.2, 0.25) is 0 Å². The van der Waals surface area contributed by atoms with Crippen LogP contribution in [0.5, 0.6) is 23.0 Å². The summed E-state index contributed by atoms with van der Waals surface area (Å²) in [5, 5.41) is 5.00. The fourth-order valence-electron chi connectivity index (χ4n) is 4.17. The van der Waals surface area contributed by atoms with E-state index in [0.717, 1.165) is 36.1 Å². The summed E-state index contributed by atoms with van der Waals surface area (Å²) >= 11 is 6.22. The number of benzene rings is 2. The van der Waals surface area contributed by atoms with E-state index in [0.29, 0.717) is 46.7 Å². The molecule has 0 radical (unpaired) electrons. The molecule has 1 aliphatic rings. The van der Waals surface area contributed by atoms with Crippen LogP contribution in [0.3, 0.4) is 0 Å². The Balaban J connectivity index is 1.61. The first-order valence-electron chi connectivity index (χ1n) is 12.1. The molecule has 9 heteroatoms. The van der Waals surface area contributed by atoms with E-state index in [1.807, 2.05) is 18.2 Å². The SMILES string of the molecule is C=C(Cc1cc2c(cc1OC)CCO2)C(=O)Oc1cnn(CCCC)c1-c1ccc(Cl)cc1OCOC. The van der Waals surface area contributed by atoms with Crippen molar-refractivity contribution in [3.8, 4) is 34.3 Å². The minimum Gasteiger partial charge on any atom is -0.496 e. The van der Waals surface area contributed by atoms with Gasteiger partial charge in [-0.05, 0) is 36.8 Å². The van der Waals surface area contributed by atoms with Crippen LogP contribution in [-0.2, 0) is 28.9 Å². The second-order valence-corrected chi connectivity index (χ2v) is 9.10. The molecule has 1 aromatic heterocycles. The van der Waals surface area contributed by atoms with Crippen molar-refractivity contribution in [2.24, 2.45) is 0 Å². The van der Waals surface area contributed by atoms with E-state index in [9.17, 15) is 4.79 Å². The maximum absolute atomic E-state index is 13.2. The molecule has 0 unspecified atom stereocenters. The smallest absolute Gasteiger partial charge is 0.339 e. The molecule has 0 fully saturated rings. The summed E-state index contributed by atoms with van der Waals surface area (Å²) in [6.45, 7) is 7.40. The maximum Gasteiger partial charge on any atom is 0.339 e. The van der Waals surface area contributed by atoms with E-state index >= 15 is 0 Å². The molecule has 0 spiro atoms. The van der Waals surface area contributed by atoms with Gasteiger partial charge in [0.05, 0.1) is 19.9 Å². The van der Waals surface area contributed by atoms with E-state index in [1.54, 1.807) is 23.9 Å². The predicted octanol–water partition coefficient (Wildman–Crippen LogP) is 5.63. The zero-order valence-corrected chi connectivity index (χ0v) is 22.1. The average Bonchev–Trinajstić information content (AvgIpc) is 3.52. The Morgan fingerprint density at radius 2 is 2.03 bits per heavy atom. The van der Waals surface area contributed by atoms with Crippen LogP contribution in [0.4, 0.5) is 0 Å². The van der Waals surface area contributed by atoms with Crippen molar-refractivity contribution in [2.45, 2.75) is 39.2 Å². The highest BCUT2D eigenvalue weighted by Gasteiger charge is 2.23. The lowest BCUT2D eigenvalue weighted by molar-refractivity contribution is -0.130. The fourth-order valence-corrected chi connectivity index (χ4v) is 4.33. The molecule has 1 aliphatic heterocycles. The summed E-state index contributed by atoms with van der Waals surface area (Å²) in [5.74, 6) is 1.73. The Hall–Kier alpha value is -3.49. The molecule has 2 heterocycles. The third-order valence-corrected chi connectivity index (χ3v) is 6.28. The number of hydrogen-bond acceptors (Lipinski definition) is 7. The van der Waals surface area contributed by atoms with Gasteiger partial charge in [-0.25, -0.2) is 4.79 Å². The highest BCUT2D eigenvalue weighted by Crippen LogP contribution is 2.39. The summed E-state index contributed by atoms with van der Waals surface area (Å²) in [5.41, 5.74) is 3.46. The fraction of sp³-hybridized carbons (Fsp3) is 0.357. The van der Waals surface area contributed by atoms with Gasteiger partial charge in [0, 0.05) is 53.8 Å². The normalized spacial score (nSPS) is 12.1. The van der Waals surface area contributed by atoms with Crippen molar-refractivity contribution in [1.29, 1.82) is 0 Å². The number of esters is 1. The second kappa shape index (κ2) is 12.2. The van der Waals surface area contributed by atoms with Gasteiger partial charge in [0.1, 0.15) is 22.9 Å². The molecule has 37 heavy (non-hydrogen) atoms. The summed E-state index contributed by atoms with van der Waals surface area (Å²) in [6, 6.07) is 9.11. The molecule has 0 saturated carbocycles. The van der Waals surface area contributed by atoms with Crippen molar-refractivity contribution in [1.82, 2.24) is 9.78 Å². The quantitative estimate of drug-likeness (QED) is 0.172. The number of ether oxygens (including phenoxy) is 5. The molecule has 0 aliphatic carbocycles. The number of rotatable bonds is 12. The predicted molar refractivity (Wildman–Crippen MR) is 141 cm³/mol. The number of carbonyl (C=O) groups is 1. The van der Waals surface area contributed by atoms with Gasteiger partial charge in [-0.2, -0.15) is 5.10 Å². The summed E-state index contributed by atoms with van der Waals surface area (Å²) in [4.78, 5) is 13.2. The number of hydrogen-bond donors (Lipinski definition) is 0. The molecule has 196 valence electrons. The third-order valence-electron chi connectivity index (χ3n) is 6.05. The van der Waals surface area contributed by atoms with Crippen molar-refractivity contribution >= 4 is 17.6 Å². The van der Waals surface area contributed by atoms with E-state index in [1.165, 1.54) is 13.3 Å². The van der Waals surface area contributed by atoms with Gasteiger partial charge in [-0.15, -0.1) is 0 Å². The highest BCUT2D eigenvalue weighted by atomic mass is 35.5. The number of nitrogens with zero attached hydrogens (tertiary/aromatic N) is 2. The Kier molecular flexibility index (Phi) is 8.74. The minimum absolute atomic E-state index is 0.0364. The number of carbonyl (C=O) groups excluding carboxylic acids is 1. The molecule has 2 aromatic carbocycles. The number of unbranched alkanes of at least 4 members (excludes halogenated alkanes) is 1. The molecule has 0 N–H and O–H groups in total. The Morgan fingerprint density at radius 1 is 1.19 bits per heavy atom. The maximum atomic E-state index is 13.2. The van der Waals surface area contributed by atoms with Gasteiger partial charge in [0.25, 0.3) is 0 Å². The second-order valence-electron chi connectivity index (χ2n) is 8.67. The molecule has 3 aromatic rings. The monoisotopic (exact) mass is 526 g/mol. The standard InChI is InChI=1S/C28H31ClN2O6/c1-5-6-10-31-27(22-8-7-21(29)15-25(22)36-17-33-3)26(16-30-31)37-28(32)18(2)12-20-14-24-19(9-11-35-24)13-23(20)34-4/h7-8,13-16H,2,5-6,9-12,17H2,1,3-4H3. The van der Waals surface area contributed by atoms with Crippen LogP contribution in [0.15, 0.2) is 48.7 Å². The van der Waals surface area contributed by atoms with Crippen molar-refractivity contribution in [2.75, 3.05) is 27.6 Å². The molecule has 0 bridgehead atoms. The molecular weight excluding hydrogens is 496 g/mol. The highest BCUT2D eigenvalue weighted by molar-refractivity contribution is 6.30. The molecule has 8 nitrogen and oxygen atoms in total. The van der Waals surface area contributed by atoms with Crippen molar-refractivity contribution in [3.05, 3.63) is 64.8 Å². The Labute approximate surface area is 221 Å². The molecule has 0 amide bonds. The van der Waals surface area contributed by atoms with Crippen LogP contribution < -0.4 is 18.9 Å². The van der Waals surface area contributed by atoms with Gasteiger partial charge in [-0.3, -0.25) is 4.68 Å². The lowest BCUT2D eigenvalue weighted by atomic mass is 10.0. The van der Waals surface area contributed by atoms with Crippen LogP contribution >= 0.6 is 11.6 Å². The molecule has 0 atom stereocenters. The van der Waals surface area contributed by atoms with Crippen molar-refractivity contribution in [3.63, 3.8) is 0 Å². The number of aryl methyl sites for hydroxylation is 1. The molecule has 4 rings (SSSR count). The van der Waals surface area contributed by atoms with Gasteiger partial charge >= 0.3 is 5.97 Å². The topological polar surface area (TPSA) is 81.0 Å². The first-order valence-corrected chi connectivity index (χ1v) is 12.5. The van der Waals surface area contributed by atoms with E-state index in [-0.39, 0.29) is 18.8 Å². The lowest BCUT2D eigenvalue weighted by Gasteiger charge is -2.15. The van der Waals surface area contributed by atoms with Crippen molar-refractivity contribution < 1.29 is 28.5 Å².